The standard InChI is InChI=1S/C16H14O3/c1-18-15-11-14(19-16(17)12-15)10-6-5-9-13-7-3-2-4-8-13/h2-12H,1H3. The molecule has 96 valence electrons. The highest BCUT2D eigenvalue weighted by Crippen LogP contribution is 2.11. The summed E-state index contributed by atoms with van der Waals surface area (Å²) in [4.78, 5) is 11.2. The average molecular weight is 254 g/mol. The van der Waals surface area contributed by atoms with E-state index in [1.54, 1.807) is 12.1 Å². The molecule has 19 heavy (non-hydrogen) atoms. The van der Waals surface area contributed by atoms with E-state index in [1.165, 1.54) is 13.2 Å². The molecule has 3 heteroatoms. The number of benzene rings is 1. The molecular weight excluding hydrogens is 240 g/mol. The summed E-state index contributed by atoms with van der Waals surface area (Å²) < 4.78 is 10.0. The van der Waals surface area contributed by atoms with E-state index in [-0.39, 0.29) is 0 Å². The van der Waals surface area contributed by atoms with Crippen LogP contribution in [0.5, 0.6) is 5.75 Å². The first-order valence-electron chi connectivity index (χ1n) is 5.87. The first kappa shape index (κ1) is 12.9. The third-order valence-corrected chi connectivity index (χ3v) is 2.46. The zero-order valence-corrected chi connectivity index (χ0v) is 10.6. The van der Waals surface area contributed by atoms with Crippen molar-refractivity contribution in [2.24, 2.45) is 0 Å². The van der Waals surface area contributed by atoms with E-state index in [1.807, 2.05) is 48.6 Å². The average Bonchev–Trinajstić information content (AvgIpc) is 2.44. The number of ether oxygens (including phenoxy) is 1. The van der Waals surface area contributed by atoms with E-state index >= 15 is 0 Å². The summed E-state index contributed by atoms with van der Waals surface area (Å²) in [6.07, 6.45) is 7.37. The molecule has 1 heterocycles. The van der Waals surface area contributed by atoms with Gasteiger partial charge in [0.05, 0.1) is 13.2 Å². The molecule has 0 saturated heterocycles. The van der Waals surface area contributed by atoms with Gasteiger partial charge in [-0.15, -0.1) is 0 Å². The molecule has 0 radical (unpaired) electrons. The van der Waals surface area contributed by atoms with Gasteiger partial charge >= 0.3 is 5.63 Å². The minimum absolute atomic E-state index is 0.425. The minimum Gasteiger partial charge on any atom is -0.496 e. The molecule has 0 amide bonds. The lowest BCUT2D eigenvalue weighted by Crippen LogP contribution is -1.98. The summed E-state index contributed by atoms with van der Waals surface area (Å²) in [6.45, 7) is 0. The number of allylic oxidation sites excluding steroid dienone is 2. The molecule has 1 aromatic heterocycles. The second-order valence-electron chi connectivity index (χ2n) is 3.85. The molecule has 2 rings (SSSR count). The van der Waals surface area contributed by atoms with Crippen LogP contribution in [-0.2, 0) is 0 Å². The van der Waals surface area contributed by atoms with Crippen LogP contribution in [0.1, 0.15) is 11.3 Å². The Kier molecular flexibility index (Phi) is 4.34. The van der Waals surface area contributed by atoms with Gasteiger partial charge in [0.1, 0.15) is 11.5 Å². The van der Waals surface area contributed by atoms with Crippen LogP contribution in [0.3, 0.4) is 0 Å². The second kappa shape index (κ2) is 6.40. The highest BCUT2D eigenvalue weighted by molar-refractivity contribution is 5.55. The summed E-state index contributed by atoms with van der Waals surface area (Å²) >= 11 is 0. The van der Waals surface area contributed by atoms with Crippen molar-refractivity contribution in [1.29, 1.82) is 0 Å². The fourth-order valence-corrected chi connectivity index (χ4v) is 1.55. The van der Waals surface area contributed by atoms with Gasteiger partial charge in [-0.05, 0) is 11.6 Å². The smallest absolute Gasteiger partial charge is 0.339 e. The molecule has 0 aliphatic heterocycles. The van der Waals surface area contributed by atoms with Crippen molar-refractivity contribution >= 4 is 12.2 Å². The Morgan fingerprint density at radius 2 is 1.79 bits per heavy atom. The second-order valence-corrected chi connectivity index (χ2v) is 3.85. The molecule has 0 aliphatic carbocycles. The normalized spacial score (nSPS) is 11.2. The van der Waals surface area contributed by atoms with Crippen LogP contribution < -0.4 is 10.4 Å². The maximum Gasteiger partial charge on any atom is 0.339 e. The van der Waals surface area contributed by atoms with Gasteiger partial charge < -0.3 is 9.15 Å². The molecule has 0 N–H and O–H groups in total. The lowest BCUT2D eigenvalue weighted by molar-refractivity contribution is 0.400. The van der Waals surface area contributed by atoms with E-state index < -0.39 is 5.63 Å². The Morgan fingerprint density at radius 3 is 2.53 bits per heavy atom. The Labute approximate surface area is 111 Å². The van der Waals surface area contributed by atoms with E-state index in [2.05, 4.69) is 0 Å². The first-order chi connectivity index (χ1) is 9.28. The minimum atomic E-state index is -0.425. The summed E-state index contributed by atoms with van der Waals surface area (Å²) in [5, 5.41) is 0. The van der Waals surface area contributed by atoms with Gasteiger partial charge in [-0.1, -0.05) is 48.6 Å². The van der Waals surface area contributed by atoms with Crippen LogP contribution in [0.15, 0.2) is 63.8 Å². The number of methoxy groups -OCH3 is 1. The highest BCUT2D eigenvalue weighted by atomic mass is 16.5. The quantitative estimate of drug-likeness (QED) is 0.785. The van der Waals surface area contributed by atoms with Crippen molar-refractivity contribution < 1.29 is 9.15 Å². The van der Waals surface area contributed by atoms with Gasteiger partial charge in [-0.25, -0.2) is 4.79 Å². The van der Waals surface area contributed by atoms with Gasteiger partial charge in [0, 0.05) is 6.07 Å². The maximum atomic E-state index is 11.2. The number of hydrogen-bond acceptors (Lipinski definition) is 3. The van der Waals surface area contributed by atoms with Gasteiger partial charge in [-0.2, -0.15) is 0 Å². The van der Waals surface area contributed by atoms with Crippen LogP contribution in [-0.4, -0.2) is 7.11 Å². The Morgan fingerprint density at radius 1 is 1.05 bits per heavy atom. The van der Waals surface area contributed by atoms with Crippen molar-refractivity contribution in [1.82, 2.24) is 0 Å². The zero-order chi connectivity index (χ0) is 13.5. The number of hydrogen-bond donors (Lipinski definition) is 0. The molecular formula is C16H14O3. The van der Waals surface area contributed by atoms with Crippen LogP contribution in [0.4, 0.5) is 0 Å². The Bertz CT molecular complexity index is 637. The fraction of sp³-hybridized carbons (Fsp3) is 0.0625. The van der Waals surface area contributed by atoms with Crippen molar-refractivity contribution in [3.8, 4) is 5.75 Å². The summed E-state index contributed by atoms with van der Waals surface area (Å²) in [6, 6.07) is 12.9. The largest absolute Gasteiger partial charge is 0.496 e. The maximum absolute atomic E-state index is 11.2. The summed E-state index contributed by atoms with van der Waals surface area (Å²) in [5.41, 5.74) is 0.685. The fourth-order valence-electron chi connectivity index (χ4n) is 1.55. The topological polar surface area (TPSA) is 39.4 Å². The van der Waals surface area contributed by atoms with E-state index in [4.69, 9.17) is 9.15 Å². The van der Waals surface area contributed by atoms with Crippen LogP contribution in [0.25, 0.3) is 12.2 Å². The Balaban J connectivity index is 2.09. The zero-order valence-electron chi connectivity index (χ0n) is 10.6. The third kappa shape index (κ3) is 4.00. The molecule has 0 bridgehead atoms. The molecule has 0 atom stereocenters. The van der Waals surface area contributed by atoms with Crippen LogP contribution in [0, 0.1) is 0 Å². The molecule has 1 aromatic carbocycles. The molecule has 0 aliphatic rings. The lowest BCUT2D eigenvalue weighted by Gasteiger charge is -1.98. The monoisotopic (exact) mass is 254 g/mol. The molecule has 0 saturated carbocycles. The van der Waals surface area contributed by atoms with Crippen molar-refractivity contribution in [3.05, 3.63) is 76.4 Å². The number of rotatable bonds is 4. The van der Waals surface area contributed by atoms with E-state index in [0.717, 1.165) is 5.56 Å². The van der Waals surface area contributed by atoms with E-state index in [0.29, 0.717) is 11.5 Å². The lowest BCUT2D eigenvalue weighted by atomic mass is 10.2. The summed E-state index contributed by atoms with van der Waals surface area (Å²) in [5.74, 6) is 0.949. The molecule has 0 spiro atoms. The predicted molar refractivity (Wildman–Crippen MR) is 76.0 cm³/mol. The van der Waals surface area contributed by atoms with Crippen molar-refractivity contribution in [2.75, 3.05) is 7.11 Å². The molecule has 0 fully saturated rings. The van der Waals surface area contributed by atoms with Gasteiger partial charge in [-0.3, -0.25) is 0 Å². The summed E-state index contributed by atoms with van der Waals surface area (Å²) in [7, 11) is 1.51. The van der Waals surface area contributed by atoms with E-state index in [9.17, 15) is 4.79 Å². The molecule has 2 aromatic rings. The van der Waals surface area contributed by atoms with Crippen LogP contribution in [0.2, 0.25) is 0 Å². The first-order valence-corrected chi connectivity index (χ1v) is 5.87. The van der Waals surface area contributed by atoms with Gasteiger partial charge in [0.2, 0.25) is 0 Å². The Hall–Kier alpha value is -2.55. The highest BCUT2D eigenvalue weighted by Gasteiger charge is 1.97. The van der Waals surface area contributed by atoms with Crippen molar-refractivity contribution in [2.45, 2.75) is 0 Å². The molecule has 0 unspecified atom stereocenters. The van der Waals surface area contributed by atoms with Crippen molar-refractivity contribution in [3.63, 3.8) is 0 Å². The van der Waals surface area contributed by atoms with Gasteiger partial charge in [0.25, 0.3) is 0 Å². The van der Waals surface area contributed by atoms with Crippen LogP contribution >= 0.6 is 0 Å². The van der Waals surface area contributed by atoms with Gasteiger partial charge in [0.15, 0.2) is 0 Å². The molecule has 3 nitrogen and oxygen atoms in total. The predicted octanol–water partition coefficient (Wildman–Crippen LogP) is 3.38. The SMILES string of the molecule is COc1cc(C=CC=Cc2ccccc2)oc(=O)c1. The third-order valence-electron chi connectivity index (χ3n) is 2.46.